The number of esters is 1. The first-order valence-corrected chi connectivity index (χ1v) is 9.92. The molecule has 0 radical (unpaired) electrons. The van der Waals surface area contributed by atoms with E-state index < -0.39 is 41.0 Å². The third-order valence-electron chi connectivity index (χ3n) is 4.50. The van der Waals surface area contributed by atoms with Crippen LogP contribution in [-0.2, 0) is 15.7 Å². The van der Waals surface area contributed by atoms with Crippen molar-refractivity contribution in [3.8, 4) is 0 Å². The highest BCUT2D eigenvalue weighted by Crippen LogP contribution is 2.32. The largest absolute Gasteiger partial charge is 0.464 e. The SMILES string of the molecule is CCCCCCCCOC(=O)C(NC(=O)c1cccc(C(F)(F)F)c1F)C(C)C. The number of hydrogen-bond donors (Lipinski definition) is 1. The van der Waals surface area contributed by atoms with Gasteiger partial charge in [0.2, 0.25) is 0 Å². The minimum absolute atomic E-state index is 0.196. The molecule has 1 rings (SSSR count). The number of hydrogen-bond acceptors (Lipinski definition) is 3. The van der Waals surface area contributed by atoms with E-state index in [1.165, 1.54) is 0 Å². The maximum atomic E-state index is 14.2. The number of rotatable bonds is 11. The minimum Gasteiger partial charge on any atom is -0.464 e. The van der Waals surface area contributed by atoms with Crippen molar-refractivity contribution in [2.45, 2.75) is 71.5 Å². The first-order chi connectivity index (χ1) is 13.6. The smallest absolute Gasteiger partial charge is 0.419 e. The average molecular weight is 419 g/mol. The molecule has 0 aliphatic heterocycles. The summed E-state index contributed by atoms with van der Waals surface area (Å²) in [5.41, 5.74) is -2.30. The lowest BCUT2D eigenvalue weighted by molar-refractivity contribution is -0.147. The van der Waals surface area contributed by atoms with Crippen molar-refractivity contribution in [3.63, 3.8) is 0 Å². The van der Waals surface area contributed by atoms with Gasteiger partial charge in [0.25, 0.3) is 5.91 Å². The van der Waals surface area contributed by atoms with E-state index in [2.05, 4.69) is 12.2 Å². The van der Waals surface area contributed by atoms with Gasteiger partial charge in [-0.1, -0.05) is 58.9 Å². The predicted molar refractivity (Wildman–Crippen MR) is 102 cm³/mol. The highest BCUT2D eigenvalue weighted by Gasteiger charge is 2.36. The van der Waals surface area contributed by atoms with Gasteiger partial charge >= 0.3 is 12.1 Å². The van der Waals surface area contributed by atoms with E-state index in [1.54, 1.807) is 13.8 Å². The molecular formula is C21H29F4NO3. The second kappa shape index (κ2) is 11.8. The van der Waals surface area contributed by atoms with Gasteiger partial charge in [-0.25, -0.2) is 9.18 Å². The summed E-state index contributed by atoms with van der Waals surface area (Å²) in [5, 5.41) is 2.30. The Bertz CT molecular complexity index is 674. The van der Waals surface area contributed by atoms with Crippen molar-refractivity contribution in [1.29, 1.82) is 0 Å². The van der Waals surface area contributed by atoms with E-state index in [4.69, 9.17) is 4.74 Å². The zero-order valence-electron chi connectivity index (χ0n) is 17.1. The molecule has 29 heavy (non-hydrogen) atoms. The molecule has 1 N–H and O–H groups in total. The fourth-order valence-corrected chi connectivity index (χ4v) is 2.79. The van der Waals surface area contributed by atoms with Gasteiger partial charge in [-0.05, 0) is 24.5 Å². The van der Waals surface area contributed by atoms with E-state index in [0.717, 1.165) is 44.2 Å². The van der Waals surface area contributed by atoms with E-state index in [0.29, 0.717) is 12.5 Å². The molecule has 164 valence electrons. The molecule has 0 saturated heterocycles. The van der Waals surface area contributed by atoms with Gasteiger partial charge in [0.15, 0.2) is 0 Å². The lowest BCUT2D eigenvalue weighted by atomic mass is 10.0. The van der Waals surface area contributed by atoms with Crippen molar-refractivity contribution < 1.29 is 31.9 Å². The number of ether oxygens (including phenoxy) is 1. The summed E-state index contributed by atoms with van der Waals surface area (Å²) in [6, 6.07) is 1.36. The highest BCUT2D eigenvalue weighted by atomic mass is 19.4. The highest BCUT2D eigenvalue weighted by molar-refractivity contribution is 5.97. The summed E-state index contributed by atoms with van der Waals surface area (Å²) >= 11 is 0. The Morgan fingerprint density at radius 1 is 1.07 bits per heavy atom. The van der Waals surface area contributed by atoms with Gasteiger partial charge in [0.1, 0.15) is 11.9 Å². The molecule has 0 aliphatic rings. The number of benzene rings is 1. The minimum atomic E-state index is -4.92. The van der Waals surface area contributed by atoms with Crippen LogP contribution in [0, 0.1) is 11.7 Å². The van der Waals surface area contributed by atoms with E-state index in [1.807, 2.05) is 0 Å². The molecule has 1 atom stereocenters. The molecule has 1 aromatic rings. The molecule has 0 saturated carbocycles. The van der Waals surface area contributed by atoms with E-state index in [9.17, 15) is 27.2 Å². The number of nitrogens with one attached hydrogen (secondary N) is 1. The zero-order valence-corrected chi connectivity index (χ0v) is 17.1. The monoisotopic (exact) mass is 419 g/mol. The van der Waals surface area contributed by atoms with Crippen LogP contribution < -0.4 is 5.32 Å². The number of amides is 1. The maximum absolute atomic E-state index is 14.2. The molecule has 0 heterocycles. The molecule has 1 unspecified atom stereocenters. The quantitative estimate of drug-likeness (QED) is 0.293. The van der Waals surface area contributed by atoms with Crippen LogP contribution in [0.5, 0.6) is 0 Å². The lowest BCUT2D eigenvalue weighted by Gasteiger charge is -2.21. The fraction of sp³-hybridized carbons (Fsp3) is 0.619. The second-order valence-electron chi connectivity index (χ2n) is 7.30. The van der Waals surface area contributed by atoms with Crippen LogP contribution >= 0.6 is 0 Å². The molecule has 8 heteroatoms. The maximum Gasteiger partial charge on any atom is 0.419 e. The summed E-state index contributed by atoms with van der Waals surface area (Å²) in [6.45, 7) is 5.62. The number of carbonyl (C=O) groups is 2. The molecule has 4 nitrogen and oxygen atoms in total. The van der Waals surface area contributed by atoms with Gasteiger partial charge in [0.05, 0.1) is 17.7 Å². The van der Waals surface area contributed by atoms with E-state index >= 15 is 0 Å². The Hall–Kier alpha value is -2.12. The van der Waals surface area contributed by atoms with Gasteiger partial charge < -0.3 is 10.1 Å². The molecule has 0 spiro atoms. The molecule has 0 aromatic heterocycles. The Morgan fingerprint density at radius 3 is 2.28 bits per heavy atom. The number of carbonyl (C=O) groups excluding carboxylic acids is 2. The summed E-state index contributed by atoms with van der Waals surface area (Å²) < 4.78 is 57.8. The van der Waals surface area contributed by atoms with Crippen molar-refractivity contribution >= 4 is 11.9 Å². The lowest BCUT2D eigenvalue weighted by Crippen LogP contribution is -2.45. The van der Waals surface area contributed by atoms with Crippen molar-refractivity contribution in [1.82, 2.24) is 5.32 Å². The Balaban J connectivity index is 2.70. The van der Waals surface area contributed by atoms with Gasteiger partial charge in [-0.3, -0.25) is 4.79 Å². The first kappa shape index (κ1) is 24.9. The third-order valence-corrected chi connectivity index (χ3v) is 4.50. The Morgan fingerprint density at radius 2 is 1.69 bits per heavy atom. The summed E-state index contributed by atoms with van der Waals surface area (Å²) in [7, 11) is 0. The fourth-order valence-electron chi connectivity index (χ4n) is 2.79. The number of halogens is 4. The van der Waals surface area contributed by atoms with Crippen molar-refractivity contribution in [2.24, 2.45) is 5.92 Å². The molecule has 0 bridgehead atoms. The average Bonchev–Trinajstić information content (AvgIpc) is 2.63. The second-order valence-corrected chi connectivity index (χ2v) is 7.30. The van der Waals surface area contributed by atoms with Gasteiger partial charge in [-0.2, -0.15) is 13.2 Å². The molecule has 1 amide bonds. The molecular weight excluding hydrogens is 390 g/mol. The predicted octanol–water partition coefficient (Wildman–Crippen LogP) is 5.50. The molecule has 0 fully saturated rings. The van der Waals surface area contributed by atoms with Crippen LogP contribution in [0.1, 0.15) is 75.2 Å². The normalized spacial score (nSPS) is 12.7. The summed E-state index contributed by atoms with van der Waals surface area (Å²) in [5.74, 6) is -3.83. The van der Waals surface area contributed by atoms with Crippen molar-refractivity contribution in [3.05, 3.63) is 35.1 Å². The first-order valence-electron chi connectivity index (χ1n) is 9.92. The number of unbranched alkanes of at least 4 members (excludes halogenated alkanes) is 5. The van der Waals surface area contributed by atoms with Crippen LogP contribution in [0.25, 0.3) is 0 Å². The van der Waals surface area contributed by atoms with Gasteiger partial charge in [-0.15, -0.1) is 0 Å². The van der Waals surface area contributed by atoms with Crippen LogP contribution in [0.15, 0.2) is 18.2 Å². The Kier molecular flexibility index (Phi) is 10.1. The summed E-state index contributed by atoms with van der Waals surface area (Å²) in [4.78, 5) is 24.6. The molecule has 0 aliphatic carbocycles. The molecule has 1 aromatic carbocycles. The van der Waals surface area contributed by atoms with Gasteiger partial charge in [0, 0.05) is 0 Å². The van der Waals surface area contributed by atoms with E-state index in [-0.39, 0.29) is 12.5 Å². The summed E-state index contributed by atoms with van der Waals surface area (Å²) in [6.07, 6.45) is 1.15. The topological polar surface area (TPSA) is 55.4 Å². The standard InChI is InChI=1S/C21H29F4NO3/c1-4-5-6-7-8-9-13-29-20(28)18(14(2)3)26-19(27)15-11-10-12-16(17(15)22)21(23,24)25/h10-12,14,18H,4-9,13H2,1-3H3,(H,26,27). The van der Waals surface area contributed by atoms with Crippen LogP contribution in [0.4, 0.5) is 17.6 Å². The zero-order chi connectivity index (χ0) is 22.0. The van der Waals surface area contributed by atoms with Crippen LogP contribution in [0.3, 0.4) is 0 Å². The Labute approximate surface area is 169 Å². The third kappa shape index (κ3) is 8.03. The van der Waals surface area contributed by atoms with Crippen LogP contribution in [0.2, 0.25) is 0 Å². The van der Waals surface area contributed by atoms with Crippen LogP contribution in [-0.4, -0.2) is 24.5 Å². The number of alkyl halides is 3. The van der Waals surface area contributed by atoms with Crippen molar-refractivity contribution in [2.75, 3.05) is 6.61 Å².